The third kappa shape index (κ3) is 8.58. The van der Waals surface area contributed by atoms with E-state index in [1.807, 2.05) is 30.3 Å². The maximum Gasteiger partial charge on any atom is 0.328 e. The number of aliphatic carboxylic acids is 2. The molecule has 0 aliphatic heterocycles. The van der Waals surface area contributed by atoms with Gasteiger partial charge >= 0.3 is 11.9 Å². The number of pyridine rings is 1. The maximum absolute atomic E-state index is 9.66. The van der Waals surface area contributed by atoms with Gasteiger partial charge in [-0.05, 0) is 23.6 Å². The Morgan fingerprint density at radius 3 is 2.27 bits per heavy atom. The number of carbonyl (C=O) groups is 2. The first-order valence-electron chi connectivity index (χ1n) is 12.3. The minimum atomic E-state index is -1.26. The van der Waals surface area contributed by atoms with Crippen LogP contribution in [0.1, 0.15) is 30.9 Å². The molecule has 0 saturated carbocycles. The third-order valence-corrected chi connectivity index (χ3v) is 5.46. The van der Waals surface area contributed by atoms with Crippen LogP contribution in [0.2, 0.25) is 0 Å². The number of aliphatic hydroxyl groups is 2. The van der Waals surface area contributed by atoms with Gasteiger partial charge in [-0.15, -0.1) is 0 Å². The van der Waals surface area contributed by atoms with E-state index in [9.17, 15) is 14.7 Å². The van der Waals surface area contributed by atoms with Crippen LogP contribution in [0.4, 0.5) is 11.9 Å². The number of nitrogens with zero attached hydrogens (tertiary/aromatic N) is 5. The van der Waals surface area contributed by atoms with Crippen molar-refractivity contribution in [3.8, 4) is 11.3 Å². The molecule has 6 N–H and O–H groups in total. The number of aliphatic hydroxyl groups excluding tert-OH is 2. The summed E-state index contributed by atoms with van der Waals surface area (Å²) >= 11 is 0. The van der Waals surface area contributed by atoms with Crippen LogP contribution < -0.4 is 10.6 Å². The predicted octanol–water partition coefficient (Wildman–Crippen LogP) is 2.40. The highest BCUT2D eigenvalue weighted by Crippen LogP contribution is 2.23. The molecule has 1 aromatic carbocycles. The summed E-state index contributed by atoms with van der Waals surface area (Å²) in [5, 5.41) is 45.1. The zero-order chi connectivity index (χ0) is 29.1. The number of benzene rings is 1. The SMILES string of the molecule is CC(C)c1cnn2c(NCc3ccc(-c4ccccn4)cc3)nc(NC[C@H](O)CO)nc12.O=C(O)/C=C/C(=O)O. The Bertz CT molecular complexity index is 1420. The summed E-state index contributed by atoms with van der Waals surface area (Å²) in [6.07, 6.45) is 3.81. The molecular weight excluding hydrogens is 518 g/mol. The van der Waals surface area contributed by atoms with Crippen LogP contribution in [-0.2, 0) is 16.1 Å². The van der Waals surface area contributed by atoms with Gasteiger partial charge in [-0.1, -0.05) is 44.2 Å². The van der Waals surface area contributed by atoms with E-state index in [1.165, 1.54) is 0 Å². The van der Waals surface area contributed by atoms with Crippen molar-refractivity contribution in [3.63, 3.8) is 0 Å². The molecule has 4 rings (SSSR count). The standard InChI is InChI=1S/C23H27N7O2.C4H4O4/c1-15(2)19-13-27-30-21(19)28-22(25-12-18(32)14-31)29-23(30)26-11-16-6-8-17(9-7-16)20-5-3-4-10-24-20;5-3(6)1-2-4(7)8/h3-10,13,15,18,31-32H,11-12,14H2,1-2H3,(H2,25,26,28,29);1-2H,(H,5,6)(H,7,8)/b;2-1+/t18-;/m0./s1. The number of hydrogen-bond donors (Lipinski definition) is 6. The molecule has 13 heteroatoms. The molecule has 0 fully saturated rings. The van der Waals surface area contributed by atoms with Gasteiger partial charge < -0.3 is 31.1 Å². The molecule has 40 heavy (non-hydrogen) atoms. The van der Waals surface area contributed by atoms with Crippen molar-refractivity contribution < 1.29 is 30.0 Å². The fraction of sp³-hybridized carbons (Fsp3) is 0.259. The highest BCUT2D eigenvalue weighted by molar-refractivity contribution is 5.89. The van der Waals surface area contributed by atoms with Crippen LogP contribution >= 0.6 is 0 Å². The Balaban J connectivity index is 0.000000482. The summed E-state index contributed by atoms with van der Waals surface area (Å²) in [6, 6.07) is 14.0. The fourth-order valence-corrected chi connectivity index (χ4v) is 3.42. The molecule has 0 saturated heterocycles. The van der Waals surface area contributed by atoms with Gasteiger partial charge in [0.2, 0.25) is 11.9 Å². The minimum absolute atomic E-state index is 0.145. The Hall–Kier alpha value is -4.88. The first-order valence-corrected chi connectivity index (χ1v) is 12.3. The number of hydrogen-bond acceptors (Lipinski definition) is 10. The van der Waals surface area contributed by atoms with E-state index in [-0.39, 0.29) is 19.1 Å². The highest BCUT2D eigenvalue weighted by atomic mass is 16.4. The van der Waals surface area contributed by atoms with E-state index in [0.29, 0.717) is 36.2 Å². The second kappa shape index (κ2) is 14.3. The average Bonchev–Trinajstić information content (AvgIpc) is 3.39. The molecule has 3 aromatic heterocycles. The van der Waals surface area contributed by atoms with Crippen molar-refractivity contribution in [2.45, 2.75) is 32.4 Å². The first kappa shape index (κ1) is 29.7. The van der Waals surface area contributed by atoms with E-state index in [4.69, 9.17) is 15.3 Å². The second-order valence-corrected chi connectivity index (χ2v) is 8.85. The molecule has 3 heterocycles. The summed E-state index contributed by atoms with van der Waals surface area (Å²) in [5.41, 5.74) is 4.77. The van der Waals surface area contributed by atoms with Crippen LogP contribution in [-0.4, -0.2) is 76.2 Å². The monoisotopic (exact) mass is 549 g/mol. The van der Waals surface area contributed by atoms with E-state index >= 15 is 0 Å². The van der Waals surface area contributed by atoms with Gasteiger partial charge in [0.05, 0.1) is 24.6 Å². The van der Waals surface area contributed by atoms with E-state index in [1.54, 1.807) is 16.9 Å². The molecular formula is C27H31N7O6. The number of fused-ring (bicyclic) bond motifs is 1. The molecule has 13 nitrogen and oxygen atoms in total. The molecule has 0 amide bonds. The normalized spacial score (nSPS) is 11.7. The van der Waals surface area contributed by atoms with Gasteiger partial charge in [-0.25, -0.2) is 9.59 Å². The molecule has 0 aliphatic carbocycles. The largest absolute Gasteiger partial charge is 0.478 e. The summed E-state index contributed by atoms with van der Waals surface area (Å²) in [6.45, 7) is 4.52. The third-order valence-electron chi connectivity index (χ3n) is 5.46. The summed E-state index contributed by atoms with van der Waals surface area (Å²) < 4.78 is 1.69. The summed E-state index contributed by atoms with van der Waals surface area (Å²) in [5.74, 6) is -1.37. The van der Waals surface area contributed by atoms with Gasteiger partial charge in [0.25, 0.3) is 0 Å². The van der Waals surface area contributed by atoms with Crippen LogP contribution in [0.3, 0.4) is 0 Å². The van der Waals surface area contributed by atoms with Gasteiger partial charge in [-0.3, -0.25) is 4.98 Å². The van der Waals surface area contributed by atoms with Crippen molar-refractivity contribution in [2.24, 2.45) is 0 Å². The summed E-state index contributed by atoms with van der Waals surface area (Å²) in [7, 11) is 0. The Labute approximate surface area is 229 Å². The quantitative estimate of drug-likeness (QED) is 0.150. The highest BCUT2D eigenvalue weighted by Gasteiger charge is 2.15. The molecule has 0 unspecified atom stereocenters. The molecule has 0 aliphatic rings. The van der Waals surface area contributed by atoms with Gasteiger partial charge in [0.15, 0.2) is 5.65 Å². The van der Waals surface area contributed by atoms with Crippen molar-refractivity contribution in [1.29, 1.82) is 0 Å². The number of carboxylic acid groups (broad SMARTS) is 2. The number of aromatic nitrogens is 5. The zero-order valence-corrected chi connectivity index (χ0v) is 22.0. The van der Waals surface area contributed by atoms with Crippen molar-refractivity contribution in [3.05, 3.63) is 78.1 Å². The average molecular weight is 550 g/mol. The number of nitrogens with one attached hydrogen (secondary N) is 2. The lowest BCUT2D eigenvalue weighted by Gasteiger charge is -2.13. The van der Waals surface area contributed by atoms with Crippen molar-refractivity contribution in [1.82, 2.24) is 24.6 Å². The van der Waals surface area contributed by atoms with E-state index < -0.39 is 18.0 Å². The molecule has 0 bridgehead atoms. The molecule has 4 aromatic rings. The van der Waals surface area contributed by atoms with E-state index in [2.05, 4.69) is 56.7 Å². The Morgan fingerprint density at radius 1 is 1.00 bits per heavy atom. The minimum Gasteiger partial charge on any atom is -0.478 e. The maximum atomic E-state index is 9.66. The van der Waals surface area contributed by atoms with Crippen molar-refractivity contribution >= 4 is 29.5 Å². The lowest BCUT2D eigenvalue weighted by molar-refractivity contribution is -0.134. The van der Waals surface area contributed by atoms with Crippen LogP contribution in [0.25, 0.3) is 16.9 Å². The van der Waals surface area contributed by atoms with Crippen LogP contribution in [0.15, 0.2) is 67.0 Å². The van der Waals surface area contributed by atoms with Crippen LogP contribution in [0, 0.1) is 0 Å². The molecule has 0 spiro atoms. The lowest BCUT2D eigenvalue weighted by Crippen LogP contribution is -2.24. The van der Waals surface area contributed by atoms with Crippen molar-refractivity contribution in [2.75, 3.05) is 23.8 Å². The fourth-order valence-electron chi connectivity index (χ4n) is 3.42. The lowest BCUT2D eigenvalue weighted by atomic mass is 10.1. The second-order valence-electron chi connectivity index (χ2n) is 8.85. The van der Waals surface area contributed by atoms with Gasteiger partial charge in [0.1, 0.15) is 0 Å². The number of carboxylic acids is 2. The topological polar surface area (TPSA) is 195 Å². The molecule has 210 valence electrons. The number of rotatable bonds is 11. The summed E-state index contributed by atoms with van der Waals surface area (Å²) in [4.78, 5) is 32.6. The number of anilines is 2. The molecule has 1 atom stereocenters. The van der Waals surface area contributed by atoms with E-state index in [0.717, 1.165) is 22.4 Å². The van der Waals surface area contributed by atoms with Gasteiger partial charge in [0, 0.05) is 42.6 Å². The molecule has 0 radical (unpaired) electrons. The zero-order valence-electron chi connectivity index (χ0n) is 22.0. The Morgan fingerprint density at radius 2 is 1.70 bits per heavy atom. The first-order chi connectivity index (χ1) is 19.2. The van der Waals surface area contributed by atoms with Crippen LogP contribution in [0.5, 0.6) is 0 Å². The Kier molecular flexibility index (Phi) is 10.6. The predicted molar refractivity (Wildman–Crippen MR) is 148 cm³/mol. The smallest absolute Gasteiger partial charge is 0.328 e. The van der Waals surface area contributed by atoms with Gasteiger partial charge in [-0.2, -0.15) is 19.6 Å².